The van der Waals surface area contributed by atoms with Gasteiger partial charge in [0.15, 0.2) is 0 Å². The molecule has 3 unspecified atom stereocenters. The Hall–Kier alpha value is 0.270. The zero-order valence-electron chi connectivity index (χ0n) is 11.3. The molecule has 0 amide bonds. The summed E-state index contributed by atoms with van der Waals surface area (Å²) in [7, 11) is 2.09. The van der Waals surface area contributed by atoms with Gasteiger partial charge in [0.2, 0.25) is 0 Å². The third kappa shape index (κ3) is 3.62. The molecule has 0 aromatic rings. The molecule has 2 saturated heterocycles. The van der Waals surface area contributed by atoms with E-state index in [2.05, 4.69) is 31.1 Å². The van der Waals surface area contributed by atoms with Crippen LogP contribution in [0.2, 0.25) is 0 Å². The van der Waals surface area contributed by atoms with E-state index in [1.165, 1.54) is 50.0 Å². The van der Waals surface area contributed by atoms with E-state index >= 15 is 0 Å². The molecule has 0 bridgehead atoms. The number of nitrogens with one attached hydrogen (secondary N) is 1. The van der Waals surface area contributed by atoms with Crippen LogP contribution in [-0.4, -0.2) is 36.8 Å². The second-order valence-electron chi connectivity index (χ2n) is 5.66. The summed E-state index contributed by atoms with van der Waals surface area (Å²) < 4.78 is 6.08. The highest BCUT2D eigenvalue weighted by Crippen LogP contribution is 2.41. The largest absolute Gasteiger partial charge is 0.374 e. The van der Waals surface area contributed by atoms with Crippen LogP contribution < -0.4 is 5.32 Å². The van der Waals surface area contributed by atoms with Crippen molar-refractivity contribution in [3.05, 3.63) is 0 Å². The number of rotatable bonds is 5. The molecule has 17 heavy (non-hydrogen) atoms. The van der Waals surface area contributed by atoms with Gasteiger partial charge in [-0.2, -0.15) is 11.8 Å². The minimum atomic E-state index is 0.273. The highest BCUT2D eigenvalue weighted by molar-refractivity contribution is 7.99. The van der Waals surface area contributed by atoms with Crippen molar-refractivity contribution < 1.29 is 4.74 Å². The van der Waals surface area contributed by atoms with E-state index in [0.717, 1.165) is 12.5 Å². The standard InChI is InChI=1S/C14H27NOS/c1-3-13(15-2)5-4-12-6-8-16-14(10-12)7-9-17-11-14/h12-13,15H,3-11H2,1-2H3. The van der Waals surface area contributed by atoms with Gasteiger partial charge in [-0.3, -0.25) is 0 Å². The van der Waals surface area contributed by atoms with Crippen LogP contribution in [0.5, 0.6) is 0 Å². The first kappa shape index (κ1) is 13.7. The molecule has 0 aliphatic carbocycles. The third-order valence-corrected chi connectivity index (χ3v) is 5.71. The summed E-state index contributed by atoms with van der Waals surface area (Å²) in [6.07, 6.45) is 7.86. The first-order valence-electron chi connectivity index (χ1n) is 7.17. The van der Waals surface area contributed by atoms with E-state index in [4.69, 9.17) is 4.74 Å². The summed E-state index contributed by atoms with van der Waals surface area (Å²) in [5.74, 6) is 3.46. The van der Waals surface area contributed by atoms with Gasteiger partial charge < -0.3 is 10.1 Å². The van der Waals surface area contributed by atoms with E-state index in [-0.39, 0.29) is 5.60 Å². The van der Waals surface area contributed by atoms with E-state index in [0.29, 0.717) is 6.04 Å². The molecule has 2 aliphatic rings. The van der Waals surface area contributed by atoms with Gasteiger partial charge in [0, 0.05) is 18.4 Å². The molecule has 2 aliphatic heterocycles. The molecular weight excluding hydrogens is 230 g/mol. The number of hydrogen-bond donors (Lipinski definition) is 1. The van der Waals surface area contributed by atoms with Crippen molar-refractivity contribution >= 4 is 11.8 Å². The normalized spacial score (nSPS) is 35.3. The Morgan fingerprint density at radius 3 is 3.06 bits per heavy atom. The zero-order chi connectivity index (χ0) is 12.1. The fourth-order valence-electron chi connectivity index (χ4n) is 3.23. The van der Waals surface area contributed by atoms with Gasteiger partial charge in [-0.1, -0.05) is 6.92 Å². The quantitative estimate of drug-likeness (QED) is 0.818. The van der Waals surface area contributed by atoms with Crippen LogP contribution >= 0.6 is 11.8 Å². The van der Waals surface area contributed by atoms with Gasteiger partial charge in [0.05, 0.1) is 5.60 Å². The average molecular weight is 257 g/mol. The van der Waals surface area contributed by atoms with Gasteiger partial charge >= 0.3 is 0 Å². The molecule has 3 atom stereocenters. The summed E-state index contributed by atoms with van der Waals surface area (Å²) in [6, 6.07) is 0.715. The van der Waals surface area contributed by atoms with Crippen molar-refractivity contribution in [1.82, 2.24) is 5.32 Å². The van der Waals surface area contributed by atoms with Gasteiger partial charge in [-0.15, -0.1) is 0 Å². The Morgan fingerprint density at radius 1 is 1.53 bits per heavy atom. The van der Waals surface area contributed by atoms with Crippen LogP contribution in [0.3, 0.4) is 0 Å². The van der Waals surface area contributed by atoms with Crippen molar-refractivity contribution in [2.75, 3.05) is 25.2 Å². The Kier molecular flexibility index (Phi) is 5.19. The minimum absolute atomic E-state index is 0.273. The molecule has 2 nitrogen and oxygen atoms in total. The summed E-state index contributed by atoms with van der Waals surface area (Å²) >= 11 is 2.08. The van der Waals surface area contributed by atoms with Crippen molar-refractivity contribution in [3.8, 4) is 0 Å². The lowest BCUT2D eigenvalue weighted by Crippen LogP contribution is -2.40. The van der Waals surface area contributed by atoms with Gasteiger partial charge in [-0.25, -0.2) is 0 Å². The topological polar surface area (TPSA) is 21.3 Å². The average Bonchev–Trinajstić information content (AvgIpc) is 2.79. The molecule has 1 spiro atoms. The summed E-state index contributed by atoms with van der Waals surface area (Å²) in [6.45, 7) is 3.28. The lowest BCUT2D eigenvalue weighted by Gasteiger charge is -2.38. The first-order chi connectivity index (χ1) is 8.28. The first-order valence-corrected chi connectivity index (χ1v) is 8.32. The van der Waals surface area contributed by atoms with E-state index < -0.39 is 0 Å². The molecule has 2 rings (SSSR count). The summed E-state index contributed by atoms with van der Waals surface area (Å²) in [5.41, 5.74) is 0.273. The van der Waals surface area contributed by atoms with Crippen LogP contribution in [0.15, 0.2) is 0 Å². The van der Waals surface area contributed by atoms with Crippen molar-refractivity contribution in [2.45, 2.75) is 57.1 Å². The second kappa shape index (κ2) is 6.44. The molecule has 0 saturated carbocycles. The third-order valence-electron chi connectivity index (χ3n) is 4.49. The predicted octanol–water partition coefficient (Wildman–Crippen LogP) is 3.07. The Balaban J connectivity index is 1.77. The maximum absolute atomic E-state index is 6.08. The minimum Gasteiger partial charge on any atom is -0.374 e. The summed E-state index contributed by atoms with van der Waals surface area (Å²) in [4.78, 5) is 0. The van der Waals surface area contributed by atoms with Gasteiger partial charge in [0.1, 0.15) is 0 Å². The molecule has 100 valence electrons. The monoisotopic (exact) mass is 257 g/mol. The Morgan fingerprint density at radius 2 is 2.41 bits per heavy atom. The maximum Gasteiger partial charge on any atom is 0.0783 e. The zero-order valence-corrected chi connectivity index (χ0v) is 12.2. The van der Waals surface area contributed by atoms with Crippen molar-refractivity contribution in [2.24, 2.45) is 5.92 Å². The van der Waals surface area contributed by atoms with Gasteiger partial charge in [0.25, 0.3) is 0 Å². The van der Waals surface area contributed by atoms with Crippen LogP contribution in [0.4, 0.5) is 0 Å². The highest BCUT2D eigenvalue weighted by Gasteiger charge is 2.40. The number of ether oxygens (including phenoxy) is 1. The fourth-order valence-corrected chi connectivity index (χ4v) is 4.61. The van der Waals surface area contributed by atoms with Crippen LogP contribution in [0.25, 0.3) is 0 Å². The molecule has 0 radical (unpaired) electrons. The second-order valence-corrected chi connectivity index (χ2v) is 6.77. The molecule has 0 aromatic carbocycles. The number of thioether (sulfide) groups is 1. The predicted molar refractivity (Wildman–Crippen MR) is 75.7 cm³/mol. The molecule has 0 aromatic heterocycles. The van der Waals surface area contributed by atoms with Crippen LogP contribution in [0.1, 0.15) is 45.4 Å². The van der Waals surface area contributed by atoms with Crippen LogP contribution in [-0.2, 0) is 4.74 Å². The van der Waals surface area contributed by atoms with Crippen LogP contribution in [0, 0.1) is 5.92 Å². The Bertz CT molecular complexity index is 224. The highest BCUT2D eigenvalue weighted by atomic mass is 32.2. The molecule has 3 heteroatoms. The van der Waals surface area contributed by atoms with Gasteiger partial charge in [-0.05, 0) is 57.2 Å². The maximum atomic E-state index is 6.08. The lowest BCUT2D eigenvalue weighted by molar-refractivity contribution is -0.0810. The molecule has 2 fully saturated rings. The van der Waals surface area contributed by atoms with E-state index in [9.17, 15) is 0 Å². The molecule has 2 heterocycles. The van der Waals surface area contributed by atoms with Crippen molar-refractivity contribution in [1.29, 1.82) is 0 Å². The Labute approximate surface area is 110 Å². The molecule has 1 N–H and O–H groups in total. The number of hydrogen-bond acceptors (Lipinski definition) is 3. The van der Waals surface area contributed by atoms with Crippen molar-refractivity contribution in [3.63, 3.8) is 0 Å². The van der Waals surface area contributed by atoms with E-state index in [1.807, 2.05) is 0 Å². The lowest BCUT2D eigenvalue weighted by atomic mass is 9.82. The van der Waals surface area contributed by atoms with E-state index in [1.54, 1.807) is 0 Å². The smallest absolute Gasteiger partial charge is 0.0783 e. The molecular formula is C14H27NOS. The summed E-state index contributed by atoms with van der Waals surface area (Å²) in [5, 5.41) is 3.42. The SMILES string of the molecule is CCC(CCC1CCOC2(CCSC2)C1)NC. The fraction of sp³-hybridized carbons (Fsp3) is 1.00.